The van der Waals surface area contributed by atoms with Gasteiger partial charge in [0.1, 0.15) is 0 Å². The molecule has 0 aliphatic heterocycles. The normalized spacial score (nSPS) is 12.2. The molecule has 76 valence electrons. The molecular weight excluding hydrogens is 242 g/mol. The maximum atomic E-state index is 10.9. The van der Waals surface area contributed by atoms with Crippen molar-refractivity contribution < 1.29 is 4.79 Å². The summed E-state index contributed by atoms with van der Waals surface area (Å²) in [5.41, 5.74) is 1.14. The van der Waals surface area contributed by atoms with E-state index in [1.54, 1.807) is 6.92 Å². The smallest absolute Gasteiger partial charge is 0.217 e. The first-order valence-corrected chi connectivity index (χ1v) is 5.45. The average molecular weight is 256 g/mol. The number of halogens is 1. The lowest BCUT2D eigenvalue weighted by Crippen LogP contribution is -2.25. The van der Waals surface area contributed by atoms with Crippen LogP contribution < -0.4 is 5.32 Å². The Morgan fingerprint density at radius 2 is 2.00 bits per heavy atom. The minimum atomic E-state index is 0.0137. The number of benzene rings is 1. The number of rotatable bonds is 3. The van der Waals surface area contributed by atoms with E-state index in [1.807, 2.05) is 24.3 Å². The van der Waals surface area contributed by atoms with E-state index in [1.165, 1.54) is 0 Å². The molecule has 3 heteroatoms. The van der Waals surface area contributed by atoms with Gasteiger partial charge in [0.25, 0.3) is 0 Å². The second kappa shape index (κ2) is 5.15. The highest BCUT2D eigenvalue weighted by Crippen LogP contribution is 2.19. The van der Waals surface area contributed by atoms with Crippen LogP contribution >= 0.6 is 15.9 Å². The molecule has 1 rings (SSSR count). The van der Waals surface area contributed by atoms with Crippen LogP contribution in [0.5, 0.6) is 0 Å². The number of carbonyl (C=O) groups excluding carboxylic acids is 1. The van der Waals surface area contributed by atoms with E-state index >= 15 is 0 Å². The van der Waals surface area contributed by atoms with E-state index in [4.69, 9.17) is 0 Å². The summed E-state index contributed by atoms with van der Waals surface area (Å²) in [6.45, 7) is 3.60. The zero-order chi connectivity index (χ0) is 10.6. The van der Waals surface area contributed by atoms with Crippen LogP contribution in [0.4, 0.5) is 0 Å². The Morgan fingerprint density at radius 1 is 1.43 bits per heavy atom. The van der Waals surface area contributed by atoms with Crippen molar-refractivity contribution in [2.45, 2.75) is 26.3 Å². The van der Waals surface area contributed by atoms with E-state index < -0.39 is 0 Å². The van der Waals surface area contributed by atoms with Crippen molar-refractivity contribution in [3.05, 3.63) is 34.3 Å². The fraction of sp³-hybridized carbons (Fsp3) is 0.364. The standard InChI is InChI=1S/C11H14BrNO/c1-3-11(13-8(2)14)9-4-6-10(12)7-5-9/h4-7,11H,3H2,1-2H3,(H,13,14)/t11-/m0/s1. The predicted octanol–water partition coefficient (Wildman–Crippen LogP) is 3.04. The monoisotopic (exact) mass is 255 g/mol. The third-order valence-corrected chi connectivity index (χ3v) is 2.59. The molecule has 1 aromatic carbocycles. The van der Waals surface area contributed by atoms with Gasteiger partial charge < -0.3 is 5.32 Å². The largest absolute Gasteiger partial charge is 0.350 e. The van der Waals surface area contributed by atoms with Crippen molar-refractivity contribution in [3.63, 3.8) is 0 Å². The number of nitrogens with one attached hydrogen (secondary N) is 1. The van der Waals surface area contributed by atoms with Gasteiger partial charge in [-0.05, 0) is 24.1 Å². The molecule has 0 radical (unpaired) electrons. The molecule has 1 amide bonds. The SMILES string of the molecule is CC[C@H](NC(C)=O)c1ccc(Br)cc1. The lowest BCUT2D eigenvalue weighted by atomic mass is 10.0. The minimum absolute atomic E-state index is 0.0137. The average Bonchev–Trinajstić information content (AvgIpc) is 2.15. The lowest BCUT2D eigenvalue weighted by molar-refractivity contribution is -0.119. The molecule has 0 saturated carbocycles. The third-order valence-electron chi connectivity index (χ3n) is 2.06. The van der Waals surface area contributed by atoms with E-state index in [0.29, 0.717) is 0 Å². The Hall–Kier alpha value is -0.830. The number of carbonyl (C=O) groups is 1. The molecule has 1 atom stereocenters. The Kier molecular flexibility index (Phi) is 4.14. The zero-order valence-corrected chi connectivity index (χ0v) is 9.97. The summed E-state index contributed by atoms with van der Waals surface area (Å²) < 4.78 is 1.05. The molecular formula is C11H14BrNO. The number of hydrogen-bond acceptors (Lipinski definition) is 1. The van der Waals surface area contributed by atoms with Crippen molar-refractivity contribution in [1.82, 2.24) is 5.32 Å². The molecule has 0 unspecified atom stereocenters. The first-order chi connectivity index (χ1) is 6.63. The number of amides is 1. The van der Waals surface area contributed by atoms with E-state index in [-0.39, 0.29) is 11.9 Å². The van der Waals surface area contributed by atoms with Crippen molar-refractivity contribution >= 4 is 21.8 Å². The Labute approximate surface area is 92.8 Å². The first-order valence-electron chi connectivity index (χ1n) is 4.66. The van der Waals surface area contributed by atoms with E-state index in [9.17, 15) is 4.79 Å². The van der Waals surface area contributed by atoms with Crippen LogP contribution in [-0.4, -0.2) is 5.91 Å². The van der Waals surface area contributed by atoms with Crippen LogP contribution in [0.2, 0.25) is 0 Å². The molecule has 0 spiro atoms. The summed E-state index contributed by atoms with van der Waals surface area (Å²) in [7, 11) is 0. The molecule has 0 heterocycles. The second-order valence-corrected chi connectivity index (χ2v) is 4.13. The zero-order valence-electron chi connectivity index (χ0n) is 8.38. The lowest BCUT2D eigenvalue weighted by Gasteiger charge is -2.16. The molecule has 0 aliphatic carbocycles. The van der Waals surface area contributed by atoms with Gasteiger partial charge >= 0.3 is 0 Å². The summed E-state index contributed by atoms with van der Waals surface area (Å²) in [5.74, 6) is 0.0137. The van der Waals surface area contributed by atoms with E-state index in [2.05, 4.69) is 28.2 Å². The van der Waals surface area contributed by atoms with Gasteiger partial charge in [0.05, 0.1) is 6.04 Å². The highest BCUT2D eigenvalue weighted by Gasteiger charge is 2.09. The molecule has 0 bridgehead atoms. The quantitative estimate of drug-likeness (QED) is 0.884. The summed E-state index contributed by atoms with van der Waals surface area (Å²) in [4.78, 5) is 10.9. The predicted molar refractivity (Wildman–Crippen MR) is 61.0 cm³/mol. The minimum Gasteiger partial charge on any atom is -0.350 e. The van der Waals surface area contributed by atoms with Gasteiger partial charge in [-0.25, -0.2) is 0 Å². The van der Waals surface area contributed by atoms with Crippen LogP contribution in [-0.2, 0) is 4.79 Å². The van der Waals surface area contributed by atoms with Crippen LogP contribution in [0.1, 0.15) is 31.9 Å². The maximum absolute atomic E-state index is 10.9. The van der Waals surface area contributed by atoms with Gasteiger partial charge in [-0.1, -0.05) is 35.0 Å². The highest BCUT2D eigenvalue weighted by atomic mass is 79.9. The molecule has 2 nitrogen and oxygen atoms in total. The fourth-order valence-electron chi connectivity index (χ4n) is 1.36. The van der Waals surface area contributed by atoms with Crippen molar-refractivity contribution in [2.75, 3.05) is 0 Å². The van der Waals surface area contributed by atoms with Gasteiger partial charge in [-0.3, -0.25) is 4.79 Å². The Bertz CT molecular complexity index is 308. The molecule has 1 aromatic rings. The summed E-state index contributed by atoms with van der Waals surface area (Å²) in [6, 6.07) is 8.14. The van der Waals surface area contributed by atoms with Crippen molar-refractivity contribution in [2.24, 2.45) is 0 Å². The van der Waals surface area contributed by atoms with Crippen LogP contribution in [0.15, 0.2) is 28.7 Å². The summed E-state index contributed by atoms with van der Waals surface area (Å²) >= 11 is 3.38. The molecule has 14 heavy (non-hydrogen) atoms. The Balaban J connectivity index is 2.78. The number of hydrogen-bond donors (Lipinski definition) is 1. The molecule has 0 aliphatic rings. The first kappa shape index (κ1) is 11.2. The summed E-state index contributed by atoms with van der Waals surface area (Å²) in [5, 5.41) is 2.91. The Morgan fingerprint density at radius 3 is 2.43 bits per heavy atom. The van der Waals surface area contributed by atoms with Gasteiger partial charge in [0.15, 0.2) is 0 Å². The third kappa shape index (κ3) is 3.14. The molecule has 1 N–H and O–H groups in total. The van der Waals surface area contributed by atoms with Crippen LogP contribution in [0.3, 0.4) is 0 Å². The van der Waals surface area contributed by atoms with Crippen LogP contribution in [0.25, 0.3) is 0 Å². The van der Waals surface area contributed by atoms with Crippen molar-refractivity contribution in [3.8, 4) is 0 Å². The van der Waals surface area contributed by atoms with Gasteiger partial charge in [-0.2, -0.15) is 0 Å². The molecule has 0 aromatic heterocycles. The van der Waals surface area contributed by atoms with Crippen molar-refractivity contribution in [1.29, 1.82) is 0 Å². The summed E-state index contributed by atoms with van der Waals surface area (Å²) in [6.07, 6.45) is 0.904. The van der Waals surface area contributed by atoms with E-state index in [0.717, 1.165) is 16.5 Å². The maximum Gasteiger partial charge on any atom is 0.217 e. The van der Waals surface area contributed by atoms with Gasteiger partial charge in [0.2, 0.25) is 5.91 Å². The molecule has 0 fully saturated rings. The van der Waals surface area contributed by atoms with Crippen LogP contribution in [0, 0.1) is 0 Å². The fourth-order valence-corrected chi connectivity index (χ4v) is 1.63. The van der Waals surface area contributed by atoms with Gasteiger partial charge in [0, 0.05) is 11.4 Å². The van der Waals surface area contributed by atoms with Gasteiger partial charge in [-0.15, -0.1) is 0 Å². The second-order valence-electron chi connectivity index (χ2n) is 3.21. The topological polar surface area (TPSA) is 29.1 Å². The molecule has 0 saturated heterocycles. The highest BCUT2D eigenvalue weighted by molar-refractivity contribution is 9.10.